The van der Waals surface area contributed by atoms with Crippen LogP contribution in [0.3, 0.4) is 0 Å². The van der Waals surface area contributed by atoms with Crippen molar-refractivity contribution < 1.29 is 14.3 Å². The van der Waals surface area contributed by atoms with Crippen molar-refractivity contribution >= 4 is 17.5 Å². The summed E-state index contributed by atoms with van der Waals surface area (Å²) in [7, 11) is 1.72. The predicted octanol–water partition coefficient (Wildman–Crippen LogP) is 3.09. The molecule has 2 aliphatic rings. The summed E-state index contributed by atoms with van der Waals surface area (Å²) in [5, 5.41) is 0. The van der Waals surface area contributed by atoms with Crippen LogP contribution >= 0.6 is 0 Å². The van der Waals surface area contributed by atoms with E-state index < -0.39 is 6.04 Å². The molecule has 0 unspecified atom stereocenters. The van der Waals surface area contributed by atoms with Gasteiger partial charge >= 0.3 is 0 Å². The van der Waals surface area contributed by atoms with Crippen LogP contribution in [0.2, 0.25) is 0 Å². The first-order chi connectivity index (χ1) is 15.1. The lowest BCUT2D eigenvalue weighted by molar-refractivity contribution is -0.123. The molecule has 1 aromatic heterocycles. The van der Waals surface area contributed by atoms with Gasteiger partial charge in [0.25, 0.3) is 11.8 Å². The summed E-state index contributed by atoms with van der Waals surface area (Å²) in [6, 6.07) is 20.8. The van der Waals surface area contributed by atoms with Gasteiger partial charge in [0.05, 0.1) is 5.69 Å². The fourth-order valence-corrected chi connectivity index (χ4v) is 4.26. The van der Waals surface area contributed by atoms with E-state index >= 15 is 0 Å². The van der Waals surface area contributed by atoms with Gasteiger partial charge in [0.1, 0.15) is 24.1 Å². The molecule has 2 amide bonds. The van der Waals surface area contributed by atoms with E-state index in [1.165, 1.54) is 0 Å². The summed E-state index contributed by atoms with van der Waals surface area (Å²) in [5.41, 5.74) is 4.06. The van der Waals surface area contributed by atoms with E-state index in [0.717, 1.165) is 16.8 Å². The minimum atomic E-state index is -0.683. The van der Waals surface area contributed by atoms with Crippen LogP contribution in [0.1, 0.15) is 27.3 Å². The van der Waals surface area contributed by atoms with Crippen molar-refractivity contribution in [2.24, 2.45) is 0 Å². The number of carbonyl (C=O) groups excluding carboxylic acids is 2. The van der Waals surface area contributed by atoms with Gasteiger partial charge in [-0.3, -0.25) is 9.59 Å². The number of likely N-dealkylation sites (N-methyl/N-ethyl adjacent to an activating group) is 1. The number of para-hydroxylation sites is 2. The summed E-state index contributed by atoms with van der Waals surface area (Å²) in [5.74, 6) is 0.286. The summed E-state index contributed by atoms with van der Waals surface area (Å²) in [6.07, 6.45) is 1.32. The van der Waals surface area contributed by atoms with E-state index in [0.29, 0.717) is 36.5 Å². The molecule has 0 saturated heterocycles. The number of hydrogen-bond acceptors (Lipinski definition) is 4. The number of ether oxygens (including phenoxy) is 1. The van der Waals surface area contributed by atoms with Crippen LogP contribution < -0.4 is 9.64 Å². The third-order valence-corrected chi connectivity index (χ3v) is 5.97. The van der Waals surface area contributed by atoms with E-state index in [-0.39, 0.29) is 18.4 Å². The van der Waals surface area contributed by atoms with Crippen LogP contribution in [0.4, 0.5) is 5.69 Å². The second-order valence-electron chi connectivity index (χ2n) is 7.91. The highest BCUT2D eigenvalue weighted by molar-refractivity contribution is 6.03. The molecule has 2 aliphatic heterocycles. The summed E-state index contributed by atoms with van der Waals surface area (Å²) < 4.78 is 5.92. The molecule has 6 heteroatoms. The molecule has 2 aromatic carbocycles. The van der Waals surface area contributed by atoms with E-state index in [4.69, 9.17) is 4.74 Å². The third-order valence-electron chi connectivity index (χ3n) is 5.97. The van der Waals surface area contributed by atoms with Gasteiger partial charge in [-0.2, -0.15) is 0 Å². The molecule has 0 aliphatic carbocycles. The Labute approximate surface area is 181 Å². The highest BCUT2D eigenvalue weighted by Gasteiger charge is 2.39. The van der Waals surface area contributed by atoms with Crippen molar-refractivity contribution in [3.05, 3.63) is 89.2 Å². The number of rotatable bonds is 3. The Hall–Kier alpha value is -3.67. The van der Waals surface area contributed by atoms with Crippen molar-refractivity contribution in [3.8, 4) is 5.75 Å². The zero-order valence-corrected chi connectivity index (χ0v) is 17.3. The summed E-state index contributed by atoms with van der Waals surface area (Å²) in [6.45, 7) is 0.598. The van der Waals surface area contributed by atoms with Crippen LogP contribution in [0, 0.1) is 0 Å². The highest BCUT2D eigenvalue weighted by Crippen LogP contribution is 2.32. The number of amides is 2. The van der Waals surface area contributed by atoms with Gasteiger partial charge in [-0.05, 0) is 35.7 Å². The Bertz CT molecular complexity index is 1150. The van der Waals surface area contributed by atoms with Crippen LogP contribution in [0.15, 0.2) is 66.7 Å². The number of hydrogen-bond donors (Lipinski definition) is 0. The SMILES string of the molecule is CN1C(=O)[C@@H](N2CCc3ccc(Cc4ccccc4)nc3C2=O)COc2ccccc21. The zero-order valence-electron chi connectivity index (χ0n) is 17.3. The van der Waals surface area contributed by atoms with Gasteiger partial charge in [-0.1, -0.05) is 48.5 Å². The van der Waals surface area contributed by atoms with Crippen LogP contribution in [0.25, 0.3) is 0 Å². The Morgan fingerprint density at radius 1 is 1.00 bits per heavy atom. The average Bonchev–Trinajstić information content (AvgIpc) is 2.92. The Morgan fingerprint density at radius 3 is 2.61 bits per heavy atom. The molecular formula is C25H23N3O3. The molecule has 6 nitrogen and oxygen atoms in total. The average molecular weight is 413 g/mol. The lowest BCUT2D eigenvalue weighted by atomic mass is 10.0. The molecule has 31 heavy (non-hydrogen) atoms. The largest absolute Gasteiger partial charge is 0.489 e. The number of anilines is 1. The second-order valence-corrected chi connectivity index (χ2v) is 7.91. The monoisotopic (exact) mass is 413 g/mol. The Morgan fingerprint density at radius 2 is 1.77 bits per heavy atom. The number of fused-ring (bicyclic) bond motifs is 2. The van der Waals surface area contributed by atoms with Gasteiger partial charge in [-0.25, -0.2) is 4.98 Å². The second kappa shape index (κ2) is 7.87. The Balaban J connectivity index is 1.41. The maximum absolute atomic E-state index is 13.4. The summed E-state index contributed by atoms with van der Waals surface area (Å²) >= 11 is 0. The first-order valence-electron chi connectivity index (χ1n) is 10.4. The number of pyridine rings is 1. The molecule has 0 bridgehead atoms. The van der Waals surface area contributed by atoms with Gasteiger partial charge in [0, 0.05) is 25.7 Å². The standard InChI is InChI=1S/C25H23N3O3/c1-27-20-9-5-6-10-22(20)31-16-21(24(27)29)28-14-13-18-11-12-19(26-23(18)25(28)30)15-17-7-3-2-4-8-17/h2-12,21H,13-16H2,1H3/t21-/m0/s1. The van der Waals surface area contributed by atoms with Gasteiger partial charge < -0.3 is 14.5 Å². The first-order valence-corrected chi connectivity index (χ1v) is 10.4. The molecular weight excluding hydrogens is 390 g/mol. The minimum Gasteiger partial charge on any atom is -0.489 e. The minimum absolute atomic E-state index is 0.130. The fourth-order valence-electron chi connectivity index (χ4n) is 4.26. The number of nitrogens with zero attached hydrogens (tertiary/aromatic N) is 3. The molecule has 1 atom stereocenters. The van der Waals surface area contributed by atoms with E-state index in [1.807, 2.05) is 66.7 Å². The lowest BCUT2D eigenvalue weighted by Crippen LogP contribution is -2.54. The fraction of sp³-hybridized carbons (Fsp3) is 0.240. The molecule has 3 heterocycles. The van der Waals surface area contributed by atoms with Gasteiger partial charge in [-0.15, -0.1) is 0 Å². The molecule has 0 saturated carbocycles. The molecule has 0 N–H and O–H groups in total. The van der Waals surface area contributed by atoms with Gasteiger partial charge in [0.2, 0.25) is 0 Å². The Kier molecular flexibility index (Phi) is 4.90. The third kappa shape index (κ3) is 3.54. The number of aromatic nitrogens is 1. The zero-order chi connectivity index (χ0) is 21.4. The maximum atomic E-state index is 13.4. The van der Waals surface area contributed by atoms with Crippen molar-refractivity contribution in [1.82, 2.24) is 9.88 Å². The van der Waals surface area contributed by atoms with E-state index in [2.05, 4.69) is 4.98 Å². The van der Waals surface area contributed by atoms with Crippen LogP contribution in [-0.4, -0.2) is 47.9 Å². The maximum Gasteiger partial charge on any atom is 0.273 e. The lowest BCUT2D eigenvalue weighted by Gasteiger charge is -2.34. The van der Waals surface area contributed by atoms with Crippen molar-refractivity contribution in [2.75, 3.05) is 25.1 Å². The van der Waals surface area contributed by atoms with E-state index in [9.17, 15) is 9.59 Å². The number of carbonyl (C=O) groups is 2. The van der Waals surface area contributed by atoms with Crippen molar-refractivity contribution in [2.45, 2.75) is 18.9 Å². The normalized spacial score (nSPS) is 18.2. The topological polar surface area (TPSA) is 62.7 Å². The molecule has 5 rings (SSSR count). The van der Waals surface area contributed by atoms with Crippen LogP contribution in [0.5, 0.6) is 5.75 Å². The smallest absolute Gasteiger partial charge is 0.273 e. The molecule has 156 valence electrons. The van der Waals surface area contributed by atoms with Crippen molar-refractivity contribution in [3.63, 3.8) is 0 Å². The quantitative estimate of drug-likeness (QED) is 0.662. The molecule has 0 spiro atoms. The van der Waals surface area contributed by atoms with Crippen molar-refractivity contribution in [1.29, 1.82) is 0 Å². The molecule has 0 radical (unpaired) electrons. The first kappa shape index (κ1) is 19.3. The van der Waals surface area contributed by atoms with E-state index in [1.54, 1.807) is 16.8 Å². The predicted molar refractivity (Wildman–Crippen MR) is 117 cm³/mol. The molecule has 0 fully saturated rings. The molecule has 3 aromatic rings. The number of benzene rings is 2. The van der Waals surface area contributed by atoms with Gasteiger partial charge in [0.15, 0.2) is 0 Å². The van der Waals surface area contributed by atoms with Crippen LogP contribution in [-0.2, 0) is 17.6 Å². The summed E-state index contributed by atoms with van der Waals surface area (Å²) in [4.78, 5) is 34.5. The highest BCUT2D eigenvalue weighted by atomic mass is 16.5.